The Morgan fingerprint density at radius 1 is 1.41 bits per heavy atom. The number of ether oxygens (including phenoxy) is 1. The van der Waals surface area contributed by atoms with Gasteiger partial charge < -0.3 is 15.0 Å². The van der Waals surface area contributed by atoms with Gasteiger partial charge in [-0.3, -0.25) is 0 Å². The maximum Gasteiger partial charge on any atom is 0.0478 e. The summed E-state index contributed by atoms with van der Waals surface area (Å²) in [7, 11) is 0. The van der Waals surface area contributed by atoms with Crippen molar-refractivity contribution in [3.05, 3.63) is 0 Å². The molecule has 0 spiro atoms. The van der Waals surface area contributed by atoms with Gasteiger partial charge in [-0.2, -0.15) is 0 Å². The molecule has 0 aromatic rings. The zero-order valence-electron chi connectivity index (χ0n) is 11.9. The van der Waals surface area contributed by atoms with E-state index in [1.165, 1.54) is 45.4 Å². The van der Waals surface area contributed by atoms with Crippen molar-refractivity contribution in [1.29, 1.82) is 0 Å². The van der Waals surface area contributed by atoms with E-state index in [0.29, 0.717) is 6.04 Å². The molecule has 0 aromatic heterocycles. The summed E-state index contributed by atoms with van der Waals surface area (Å²) in [4.78, 5) is 2.61. The maximum atomic E-state index is 5.41. The monoisotopic (exact) mass is 242 g/mol. The highest BCUT2D eigenvalue weighted by molar-refractivity contribution is 4.80. The van der Waals surface area contributed by atoms with Crippen molar-refractivity contribution in [3.8, 4) is 0 Å². The van der Waals surface area contributed by atoms with Crippen molar-refractivity contribution in [2.75, 3.05) is 39.4 Å². The van der Waals surface area contributed by atoms with E-state index in [-0.39, 0.29) is 0 Å². The molecule has 2 unspecified atom stereocenters. The molecule has 3 heteroatoms. The lowest BCUT2D eigenvalue weighted by molar-refractivity contribution is 0.129. The highest BCUT2D eigenvalue weighted by atomic mass is 16.5. The predicted octanol–water partition coefficient (Wildman–Crippen LogP) is 2.12. The zero-order valence-corrected chi connectivity index (χ0v) is 11.9. The van der Waals surface area contributed by atoms with Crippen LogP contribution in [0.4, 0.5) is 0 Å². The Hall–Kier alpha value is -0.120. The summed E-state index contributed by atoms with van der Waals surface area (Å²) in [6, 6.07) is 0.676. The minimum atomic E-state index is 0.676. The summed E-state index contributed by atoms with van der Waals surface area (Å²) in [6.45, 7) is 13.3. The molecule has 1 rings (SSSR count). The van der Waals surface area contributed by atoms with Gasteiger partial charge in [0, 0.05) is 32.3 Å². The van der Waals surface area contributed by atoms with E-state index in [2.05, 4.69) is 31.0 Å². The van der Waals surface area contributed by atoms with Crippen molar-refractivity contribution >= 4 is 0 Å². The molecule has 1 aliphatic rings. The average Bonchev–Trinajstić information content (AvgIpc) is 2.59. The lowest BCUT2D eigenvalue weighted by atomic mass is 9.99. The molecule has 0 radical (unpaired) electrons. The largest absolute Gasteiger partial charge is 0.382 e. The first-order valence-electron chi connectivity index (χ1n) is 7.31. The predicted molar refractivity (Wildman–Crippen MR) is 73.4 cm³/mol. The Morgan fingerprint density at radius 2 is 2.24 bits per heavy atom. The molecule has 0 aliphatic carbocycles. The Balaban J connectivity index is 2.27. The van der Waals surface area contributed by atoms with Crippen molar-refractivity contribution in [3.63, 3.8) is 0 Å². The van der Waals surface area contributed by atoms with E-state index in [4.69, 9.17) is 4.74 Å². The van der Waals surface area contributed by atoms with E-state index >= 15 is 0 Å². The standard InChI is InChI=1S/C14H30N2O/c1-4-13(3)14-12-16(9-6-8-15-14)10-7-11-17-5-2/h13-15H,4-12H2,1-3H3. The number of hydrogen-bond acceptors (Lipinski definition) is 3. The summed E-state index contributed by atoms with van der Waals surface area (Å²) < 4.78 is 5.41. The van der Waals surface area contributed by atoms with Gasteiger partial charge in [0.25, 0.3) is 0 Å². The van der Waals surface area contributed by atoms with E-state index in [1.807, 2.05) is 0 Å². The summed E-state index contributed by atoms with van der Waals surface area (Å²) >= 11 is 0. The van der Waals surface area contributed by atoms with E-state index in [9.17, 15) is 0 Å². The minimum Gasteiger partial charge on any atom is -0.382 e. The van der Waals surface area contributed by atoms with Crippen LogP contribution in [0.1, 0.15) is 40.0 Å². The van der Waals surface area contributed by atoms with Crippen molar-refractivity contribution in [2.24, 2.45) is 5.92 Å². The van der Waals surface area contributed by atoms with Gasteiger partial charge in [-0.25, -0.2) is 0 Å². The second-order valence-electron chi connectivity index (χ2n) is 5.15. The van der Waals surface area contributed by atoms with Gasteiger partial charge in [0.05, 0.1) is 0 Å². The molecule has 0 amide bonds. The molecule has 0 aromatic carbocycles. The first kappa shape index (κ1) is 14.9. The molecule has 3 nitrogen and oxygen atoms in total. The van der Waals surface area contributed by atoms with Crippen LogP contribution in [0.3, 0.4) is 0 Å². The zero-order chi connectivity index (χ0) is 12.5. The van der Waals surface area contributed by atoms with Crippen molar-refractivity contribution < 1.29 is 4.74 Å². The van der Waals surface area contributed by atoms with Crippen LogP contribution in [0.2, 0.25) is 0 Å². The lowest BCUT2D eigenvalue weighted by Gasteiger charge is -2.28. The topological polar surface area (TPSA) is 24.5 Å². The molecule has 2 atom stereocenters. The Kier molecular flexibility index (Phi) is 7.82. The van der Waals surface area contributed by atoms with Gasteiger partial charge in [-0.15, -0.1) is 0 Å². The van der Waals surface area contributed by atoms with E-state index < -0.39 is 0 Å². The summed E-state index contributed by atoms with van der Waals surface area (Å²) in [5.74, 6) is 0.780. The van der Waals surface area contributed by atoms with Gasteiger partial charge in [0.15, 0.2) is 0 Å². The maximum absolute atomic E-state index is 5.41. The first-order valence-corrected chi connectivity index (χ1v) is 7.31. The van der Waals surface area contributed by atoms with Crippen LogP contribution in [0.15, 0.2) is 0 Å². The van der Waals surface area contributed by atoms with Crippen LogP contribution in [0.25, 0.3) is 0 Å². The van der Waals surface area contributed by atoms with Crippen molar-refractivity contribution in [1.82, 2.24) is 10.2 Å². The quantitative estimate of drug-likeness (QED) is 0.692. The second-order valence-corrected chi connectivity index (χ2v) is 5.15. The number of nitrogens with zero attached hydrogens (tertiary/aromatic N) is 1. The van der Waals surface area contributed by atoms with E-state index in [1.54, 1.807) is 0 Å². The first-order chi connectivity index (χ1) is 8.27. The lowest BCUT2D eigenvalue weighted by Crippen LogP contribution is -2.42. The third-order valence-corrected chi connectivity index (χ3v) is 3.81. The number of rotatable bonds is 7. The van der Waals surface area contributed by atoms with Gasteiger partial charge >= 0.3 is 0 Å². The van der Waals surface area contributed by atoms with Crippen LogP contribution in [-0.2, 0) is 4.74 Å². The van der Waals surface area contributed by atoms with Gasteiger partial charge in [-0.1, -0.05) is 20.3 Å². The number of nitrogens with one attached hydrogen (secondary N) is 1. The normalized spacial score (nSPS) is 24.5. The fourth-order valence-corrected chi connectivity index (χ4v) is 2.43. The van der Waals surface area contributed by atoms with Gasteiger partial charge in [0.1, 0.15) is 0 Å². The Morgan fingerprint density at radius 3 is 2.94 bits per heavy atom. The summed E-state index contributed by atoms with van der Waals surface area (Å²) in [5.41, 5.74) is 0. The average molecular weight is 242 g/mol. The highest BCUT2D eigenvalue weighted by Crippen LogP contribution is 2.12. The molecule has 1 fully saturated rings. The van der Waals surface area contributed by atoms with Gasteiger partial charge in [0.2, 0.25) is 0 Å². The molecule has 1 saturated heterocycles. The minimum absolute atomic E-state index is 0.676. The Labute approximate surface area is 107 Å². The number of hydrogen-bond donors (Lipinski definition) is 1. The highest BCUT2D eigenvalue weighted by Gasteiger charge is 2.21. The molecule has 0 saturated carbocycles. The third kappa shape index (κ3) is 5.84. The molecular formula is C14H30N2O. The van der Waals surface area contributed by atoms with Crippen LogP contribution in [0.5, 0.6) is 0 Å². The molecule has 17 heavy (non-hydrogen) atoms. The van der Waals surface area contributed by atoms with E-state index in [0.717, 1.165) is 19.1 Å². The van der Waals surface area contributed by atoms with Crippen LogP contribution in [-0.4, -0.2) is 50.3 Å². The van der Waals surface area contributed by atoms with Crippen LogP contribution < -0.4 is 5.32 Å². The molecule has 1 aliphatic heterocycles. The summed E-state index contributed by atoms with van der Waals surface area (Å²) in [6.07, 6.45) is 3.72. The molecule has 1 N–H and O–H groups in total. The Bertz CT molecular complexity index is 187. The summed E-state index contributed by atoms with van der Waals surface area (Å²) in [5, 5.41) is 3.69. The van der Waals surface area contributed by atoms with Crippen LogP contribution >= 0.6 is 0 Å². The molecule has 1 heterocycles. The smallest absolute Gasteiger partial charge is 0.0478 e. The van der Waals surface area contributed by atoms with Gasteiger partial charge in [-0.05, 0) is 38.8 Å². The SMILES string of the molecule is CCOCCCN1CCCNC(C(C)CC)C1. The van der Waals surface area contributed by atoms with Crippen molar-refractivity contribution in [2.45, 2.75) is 46.1 Å². The van der Waals surface area contributed by atoms with Crippen LogP contribution in [0, 0.1) is 5.92 Å². The third-order valence-electron chi connectivity index (χ3n) is 3.81. The second kappa shape index (κ2) is 8.90. The fraction of sp³-hybridized carbons (Fsp3) is 1.00. The molecule has 102 valence electrons. The molecular weight excluding hydrogens is 212 g/mol. The fourth-order valence-electron chi connectivity index (χ4n) is 2.43. The molecule has 0 bridgehead atoms.